The lowest BCUT2D eigenvalue weighted by Crippen LogP contribution is -2.05. The van der Waals surface area contributed by atoms with Crippen molar-refractivity contribution in [3.05, 3.63) is 48.0 Å². The Morgan fingerprint density at radius 3 is 2.29 bits per heavy atom. The van der Waals surface area contributed by atoms with Crippen molar-refractivity contribution in [2.24, 2.45) is 5.41 Å². The van der Waals surface area contributed by atoms with E-state index in [1.165, 1.54) is 5.56 Å². The second kappa shape index (κ2) is 5.81. The molecule has 0 radical (unpaired) electrons. The minimum atomic E-state index is 0.157. The molecule has 0 aliphatic carbocycles. The number of hydrogen-bond donors (Lipinski definition) is 0. The molecule has 1 aromatic carbocycles. The van der Waals surface area contributed by atoms with E-state index in [4.69, 9.17) is 0 Å². The number of Topliss-reactive ketones (excluding diaryl/α,β-unsaturated/α-hetero) is 1. The number of carbonyl (C=O) groups excluding carboxylic acids is 1. The third kappa shape index (κ3) is 5.48. The molecule has 0 fully saturated rings. The van der Waals surface area contributed by atoms with Crippen LogP contribution < -0.4 is 0 Å². The van der Waals surface area contributed by atoms with Gasteiger partial charge in [-0.1, -0.05) is 63.3 Å². The van der Waals surface area contributed by atoms with Gasteiger partial charge < -0.3 is 0 Å². The van der Waals surface area contributed by atoms with E-state index < -0.39 is 0 Å². The molecule has 1 atom stereocenters. The summed E-state index contributed by atoms with van der Waals surface area (Å²) in [4.78, 5) is 11.3. The first kappa shape index (κ1) is 13.7. The van der Waals surface area contributed by atoms with Crippen LogP contribution in [0.3, 0.4) is 0 Å². The fourth-order valence-electron chi connectivity index (χ4n) is 1.71. The van der Waals surface area contributed by atoms with Crippen LogP contribution >= 0.6 is 0 Å². The van der Waals surface area contributed by atoms with Gasteiger partial charge in [0.1, 0.15) is 5.78 Å². The van der Waals surface area contributed by atoms with E-state index in [-0.39, 0.29) is 17.1 Å². The standard InChI is InChI=1S/C16H22O/c1-13(17)12-15(10-11-16(2,3)4)14-8-6-5-7-9-14/h5-11,15H,12H2,1-4H3/b11-10+. The van der Waals surface area contributed by atoms with E-state index in [1.807, 2.05) is 18.2 Å². The van der Waals surface area contributed by atoms with Gasteiger partial charge in [0.05, 0.1) is 0 Å². The summed E-state index contributed by atoms with van der Waals surface area (Å²) >= 11 is 0. The molecule has 0 saturated heterocycles. The largest absolute Gasteiger partial charge is 0.300 e. The van der Waals surface area contributed by atoms with Crippen molar-refractivity contribution < 1.29 is 4.79 Å². The maximum atomic E-state index is 11.3. The van der Waals surface area contributed by atoms with Gasteiger partial charge in [-0.25, -0.2) is 0 Å². The maximum Gasteiger partial charge on any atom is 0.130 e. The van der Waals surface area contributed by atoms with Crippen LogP contribution in [-0.4, -0.2) is 5.78 Å². The molecule has 17 heavy (non-hydrogen) atoms. The number of allylic oxidation sites excluding steroid dienone is 2. The quantitative estimate of drug-likeness (QED) is 0.703. The zero-order valence-corrected chi connectivity index (χ0v) is 11.2. The highest BCUT2D eigenvalue weighted by Gasteiger charge is 2.12. The monoisotopic (exact) mass is 230 g/mol. The maximum absolute atomic E-state index is 11.3. The molecule has 0 spiro atoms. The van der Waals surface area contributed by atoms with Crippen LogP contribution in [0, 0.1) is 5.41 Å². The molecule has 1 unspecified atom stereocenters. The summed E-state index contributed by atoms with van der Waals surface area (Å²) in [5.41, 5.74) is 1.37. The number of carbonyl (C=O) groups is 1. The predicted molar refractivity (Wildman–Crippen MR) is 73.1 cm³/mol. The Labute approximate surface area is 105 Å². The summed E-state index contributed by atoms with van der Waals surface area (Å²) in [5.74, 6) is 0.435. The molecule has 0 aromatic heterocycles. The molecule has 1 heteroatoms. The first-order valence-electron chi connectivity index (χ1n) is 6.12. The van der Waals surface area contributed by atoms with Gasteiger partial charge in [-0.05, 0) is 17.9 Å². The Hall–Kier alpha value is -1.37. The van der Waals surface area contributed by atoms with Crippen LogP contribution in [0.4, 0.5) is 0 Å². The molecule has 92 valence electrons. The molecule has 0 aliphatic heterocycles. The summed E-state index contributed by atoms with van der Waals surface area (Å²) in [5, 5.41) is 0. The van der Waals surface area contributed by atoms with Crippen LogP contribution in [0.5, 0.6) is 0 Å². The zero-order chi connectivity index (χ0) is 12.9. The molecular weight excluding hydrogens is 208 g/mol. The SMILES string of the molecule is CC(=O)CC(/C=C/C(C)(C)C)c1ccccc1. The number of rotatable bonds is 4. The van der Waals surface area contributed by atoms with E-state index in [9.17, 15) is 4.79 Å². The lowest BCUT2D eigenvalue weighted by Gasteiger charge is -2.16. The van der Waals surface area contributed by atoms with Crippen LogP contribution in [-0.2, 0) is 4.79 Å². The molecular formula is C16H22O. The molecule has 0 aliphatic rings. The van der Waals surface area contributed by atoms with Gasteiger partial charge in [0.2, 0.25) is 0 Å². The van der Waals surface area contributed by atoms with Crippen LogP contribution in [0.1, 0.15) is 45.6 Å². The van der Waals surface area contributed by atoms with Crippen molar-refractivity contribution in [3.8, 4) is 0 Å². The molecule has 1 nitrogen and oxygen atoms in total. The van der Waals surface area contributed by atoms with E-state index >= 15 is 0 Å². The van der Waals surface area contributed by atoms with Gasteiger partial charge in [-0.2, -0.15) is 0 Å². The molecule has 1 rings (SSSR count). The van der Waals surface area contributed by atoms with Gasteiger partial charge in [-0.3, -0.25) is 4.79 Å². The molecule has 0 N–H and O–H groups in total. The molecule has 0 amide bonds. The van der Waals surface area contributed by atoms with E-state index in [0.717, 1.165) is 0 Å². The van der Waals surface area contributed by atoms with Crippen molar-refractivity contribution in [1.29, 1.82) is 0 Å². The first-order valence-corrected chi connectivity index (χ1v) is 6.12. The Balaban J connectivity index is 2.89. The summed E-state index contributed by atoms with van der Waals surface area (Å²) in [7, 11) is 0. The Kier molecular flexibility index (Phi) is 4.68. The van der Waals surface area contributed by atoms with Gasteiger partial charge in [0, 0.05) is 12.3 Å². The van der Waals surface area contributed by atoms with Gasteiger partial charge in [0.25, 0.3) is 0 Å². The van der Waals surface area contributed by atoms with E-state index in [2.05, 4.69) is 45.1 Å². The minimum Gasteiger partial charge on any atom is -0.300 e. The van der Waals surface area contributed by atoms with E-state index in [1.54, 1.807) is 6.92 Å². The van der Waals surface area contributed by atoms with Crippen LogP contribution in [0.15, 0.2) is 42.5 Å². The van der Waals surface area contributed by atoms with Gasteiger partial charge in [-0.15, -0.1) is 0 Å². The zero-order valence-electron chi connectivity index (χ0n) is 11.2. The third-order valence-corrected chi connectivity index (χ3v) is 2.56. The molecule has 0 bridgehead atoms. The smallest absolute Gasteiger partial charge is 0.130 e. The summed E-state index contributed by atoms with van der Waals surface area (Å²) in [6.07, 6.45) is 4.93. The number of hydrogen-bond acceptors (Lipinski definition) is 1. The molecule has 1 aromatic rings. The average molecular weight is 230 g/mol. The summed E-state index contributed by atoms with van der Waals surface area (Å²) in [6.45, 7) is 8.15. The fourth-order valence-corrected chi connectivity index (χ4v) is 1.71. The van der Waals surface area contributed by atoms with E-state index in [0.29, 0.717) is 6.42 Å². The third-order valence-electron chi connectivity index (χ3n) is 2.56. The molecule has 0 saturated carbocycles. The number of ketones is 1. The van der Waals surface area contributed by atoms with Crippen molar-refractivity contribution >= 4 is 5.78 Å². The first-order chi connectivity index (χ1) is 7.88. The Morgan fingerprint density at radius 1 is 1.24 bits per heavy atom. The molecule has 0 heterocycles. The minimum absolute atomic E-state index is 0.157. The lowest BCUT2D eigenvalue weighted by atomic mass is 9.89. The topological polar surface area (TPSA) is 17.1 Å². The van der Waals surface area contributed by atoms with Crippen LogP contribution in [0.25, 0.3) is 0 Å². The van der Waals surface area contributed by atoms with Crippen LogP contribution in [0.2, 0.25) is 0 Å². The fraction of sp³-hybridized carbons (Fsp3) is 0.438. The van der Waals surface area contributed by atoms with Crippen molar-refractivity contribution in [3.63, 3.8) is 0 Å². The normalized spacial score (nSPS) is 13.9. The van der Waals surface area contributed by atoms with Crippen molar-refractivity contribution in [2.75, 3.05) is 0 Å². The van der Waals surface area contributed by atoms with Crippen molar-refractivity contribution in [1.82, 2.24) is 0 Å². The Bertz CT molecular complexity index is 382. The summed E-state index contributed by atoms with van der Waals surface area (Å²) in [6, 6.07) is 10.2. The van der Waals surface area contributed by atoms with Crippen molar-refractivity contribution in [2.45, 2.75) is 40.0 Å². The average Bonchev–Trinajstić information content (AvgIpc) is 2.24. The highest BCUT2D eigenvalue weighted by atomic mass is 16.1. The van der Waals surface area contributed by atoms with Gasteiger partial charge >= 0.3 is 0 Å². The highest BCUT2D eigenvalue weighted by molar-refractivity contribution is 5.76. The Morgan fingerprint density at radius 2 is 1.82 bits per heavy atom. The second-order valence-corrected chi connectivity index (χ2v) is 5.65. The predicted octanol–water partition coefficient (Wildman–Crippen LogP) is 4.35. The van der Waals surface area contributed by atoms with Gasteiger partial charge in [0.15, 0.2) is 0 Å². The summed E-state index contributed by atoms with van der Waals surface area (Å²) < 4.78 is 0. The second-order valence-electron chi connectivity index (χ2n) is 5.65. The highest BCUT2D eigenvalue weighted by Crippen LogP contribution is 2.24. The lowest BCUT2D eigenvalue weighted by molar-refractivity contribution is -0.117. The number of benzene rings is 1.